The zero-order valence-electron chi connectivity index (χ0n) is 15.5. The van der Waals surface area contributed by atoms with Crippen LogP contribution in [0.5, 0.6) is 0 Å². The predicted molar refractivity (Wildman–Crippen MR) is 98.3 cm³/mol. The van der Waals surface area contributed by atoms with E-state index in [1.807, 2.05) is 45.9 Å². The van der Waals surface area contributed by atoms with Gasteiger partial charge in [-0.05, 0) is 64.7 Å². The van der Waals surface area contributed by atoms with Gasteiger partial charge < -0.3 is 15.2 Å². The summed E-state index contributed by atoms with van der Waals surface area (Å²) in [5.74, 6) is -0.796. The minimum absolute atomic E-state index is 0.0349. The monoisotopic (exact) mass is 348 g/mol. The highest BCUT2D eigenvalue weighted by atomic mass is 16.6. The van der Waals surface area contributed by atoms with Crippen LogP contribution in [0.25, 0.3) is 0 Å². The third-order valence-corrected chi connectivity index (χ3v) is 4.02. The summed E-state index contributed by atoms with van der Waals surface area (Å²) < 4.78 is 5.52. The molecule has 1 amide bonds. The van der Waals surface area contributed by atoms with Crippen LogP contribution in [0.4, 0.5) is 16.2 Å². The fourth-order valence-corrected chi connectivity index (χ4v) is 2.87. The van der Waals surface area contributed by atoms with Crippen molar-refractivity contribution in [3.63, 3.8) is 0 Å². The predicted octanol–water partition coefficient (Wildman–Crippen LogP) is 4.04. The van der Waals surface area contributed by atoms with Crippen LogP contribution in [0, 0.1) is 0 Å². The van der Waals surface area contributed by atoms with E-state index in [0.29, 0.717) is 13.0 Å². The number of aliphatic carboxylic acids is 1. The SMILES string of the molecule is CC(CCC(=O)O)Nc1ccc2c(c1)N(C(=O)OC(C)(C)C)CCC2. The Labute approximate surface area is 149 Å². The lowest BCUT2D eigenvalue weighted by atomic mass is 10.0. The second-order valence-electron chi connectivity index (χ2n) is 7.56. The Hall–Kier alpha value is -2.24. The quantitative estimate of drug-likeness (QED) is 0.839. The van der Waals surface area contributed by atoms with Crippen LogP contribution in [0.2, 0.25) is 0 Å². The maximum Gasteiger partial charge on any atom is 0.414 e. The number of rotatable bonds is 5. The molecule has 0 saturated carbocycles. The third-order valence-electron chi connectivity index (χ3n) is 4.02. The molecular weight excluding hydrogens is 320 g/mol. The van der Waals surface area contributed by atoms with Crippen molar-refractivity contribution in [2.75, 3.05) is 16.8 Å². The number of hydrogen-bond donors (Lipinski definition) is 2. The van der Waals surface area contributed by atoms with E-state index in [-0.39, 0.29) is 18.6 Å². The van der Waals surface area contributed by atoms with E-state index < -0.39 is 11.6 Å². The number of hydrogen-bond acceptors (Lipinski definition) is 4. The highest BCUT2D eigenvalue weighted by Gasteiger charge is 2.27. The molecule has 1 atom stereocenters. The number of nitrogens with zero attached hydrogens (tertiary/aromatic N) is 1. The van der Waals surface area contributed by atoms with E-state index in [2.05, 4.69) is 5.32 Å². The van der Waals surface area contributed by atoms with Gasteiger partial charge in [0.2, 0.25) is 0 Å². The van der Waals surface area contributed by atoms with Crippen molar-refractivity contribution in [3.05, 3.63) is 23.8 Å². The first kappa shape index (κ1) is 19.1. The molecule has 6 heteroatoms. The average Bonchev–Trinajstić information content (AvgIpc) is 2.50. The molecule has 2 rings (SSSR count). The summed E-state index contributed by atoms with van der Waals surface area (Å²) in [7, 11) is 0. The van der Waals surface area contributed by atoms with E-state index in [9.17, 15) is 9.59 Å². The zero-order chi connectivity index (χ0) is 18.6. The summed E-state index contributed by atoms with van der Waals surface area (Å²) in [6.07, 6.45) is 2.19. The van der Waals surface area contributed by atoms with Crippen molar-refractivity contribution >= 4 is 23.4 Å². The van der Waals surface area contributed by atoms with Crippen molar-refractivity contribution in [3.8, 4) is 0 Å². The molecule has 1 aromatic carbocycles. The van der Waals surface area contributed by atoms with Crippen LogP contribution in [0.1, 0.15) is 52.5 Å². The van der Waals surface area contributed by atoms with Crippen LogP contribution >= 0.6 is 0 Å². The minimum atomic E-state index is -0.796. The van der Waals surface area contributed by atoms with Gasteiger partial charge in [0.05, 0.1) is 5.69 Å². The molecule has 1 aromatic rings. The number of benzene rings is 1. The number of nitrogens with one attached hydrogen (secondary N) is 1. The molecule has 0 aliphatic carbocycles. The van der Waals surface area contributed by atoms with Crippen LogP contribution in [-0.2, 0) is 16.0 Å². The van der Waals surface area contributed by atoms with Crippen molar-refractivity contribution in [1.29, 1.82) is 0 Å². The van der Waals surface area contributed by atoms with Crippen LogP contribution in [0.15, 0.2) is 18.2 Å². The molecule has 0 bridgehead atoms. The van der Waals surface area contributed by atoms with Crippen LogP contribution < -0.4 is 10.2 Å². The van der Waals surface area contributed by atoms with Gasteiger partial charge in [-0.2, -0.15) is 0 Å². The van der Waals surface area contributed by atoms with Gasteiger partial charge in [0.15, 0.2) is 0 Å². The summed E-state index contributed by atoms with van der Waals surface area (Å²) in [5.41, 5.74) is 2.35. The molecule has 0 radical (unpaired) electrons. The first-order valence-electron chi connectivity index (χ1n) is 8.77. The number of fused-ring (bicyclic) bond motifs is 1. The second kappa shape index (κ2) is 7.76. The topological polar surface area (TPSA) is 78.9 Å². The molecule has 0 spiro atoms. The summed E-state index contributed by atoms with van der Waals surface area (Å²) >= 11 is 0. The van der Waals surface area contributed by atoms with Crippen LogP contribution in [0.3, 0.4) is 0 Å². The fourth-order valence-electron chi connectivity index (χ4n) is 2.87. The molecule has 1 aliphatic rings. The molecule has 0 saturated heterocycles. The molecule has 138 valence electrons. The van der Waals surface area contributed by atoms with E-state index >= 15 is 0 Å². The highest BCUT2D eigenvalue weighted by Crippen LogP contribution is 2.31. The molecule has 2 N–H and O–H groups in total. The Bertz CT molecular complexity index is 637. The molecule has 1 aliphatic heterocycles. The molecule has 25 heavy (non-hydrogen) atoms. The van der Waals surface area contributed by atoms with E-state index in [1.54, 1.807) is 4.90 Å². The lowest BCUT2D eigenvalue weighted by Gasteiger charge is -2.32. The largest absolute Gasteiger partial charge is 0.481 e. The summed E-state index contributed by atoms with van der Waals surface area (Å²) in [6, 6.07) is 6.00. The summed E-state index contributed by atoms with van der Waals surface area (Å²) in [5, 5.41) is 12.1. The second-order valence-corrected chi connectivity index (χ2v) is 7.56. The zero-order valence-corrected chi connectivity index (χ0v) is 15.5. The first-order chi connectivity index (χ1) is 11.7. The molecule has 0 fully saturated rings. The summed E-state index contributed by atoms with van der Waals surface area (Å²) in [6.45, 7) is 8.17. The number of aryl methyl sites for hydroxylation is 1. The number of ether oxygens (including phenoxy) is 1. The normalized spacial score (nSPS) is 15.3. The van der Waals surface area contributed by atoms with Gasteiger partial charge in [-0.3, -0.25) is 9.69 Å². The molecule has 1 unspecified atom stereocenters. The standard InChI is InChI=1S/C19H28N2O4/c1-13(7-10-17(22)23)20-15-9-8-14-6-5-11-21(16(14)12-15)18(24)25-19(2,3)4/h8-9,12-13,20H,5-7,10-11H2,1-4H3,(H,22,23). The van der Waals surface area contributed by atoms with Gasteiger partial charge in [0.1, 0.15) is 5.60 Å². The van der Waals surface area contributed by atoms with Gasteiger partial charge in [0, 0.05) is 24.7 Å². The maximum absolute atomic E-state index is 12.5. The van der Waals surface area contributed by atoms with E-state index in [0.717, 1.165) is 29.8 Å². The van der Waals surface area contributed by atoms with Gasteiger partial charge in [0.25, 0.3) is 0 Å². The molecule has 6 nitrogen and oxygen atoms in total. The summed E-state index contributed by atoms with van der Waals surface area (Å²) in [4.78, 5) is 24.9. The Kier molecular flexibility index (Phi) is 5.93. The van der Waals surface area contributed by atoms with Crippen molar-refractivity contribution in [1.82, 2.24) is 0 Å². The molecule has 1 heterocycles. The average molecular weight is 348 g/mol. The molecule has 0 aromatic heterocycles. The van der Waals surface area contributed by atoms with E-state index in [1.165, 1.54) is 0 Å². The Morgan fingerprint density at radius 3 is 2.72 bits per heavy atom. The van der Waals surface area contributed by atoms with Gasteiger partial charge in [-0.25, -0.2) is 4.79 Å². The number of carboxylic acids is 1. The first-order valence-corrected chi connectivity index (χ1v) is 8.77. The lowest BCUT2D eigenvalue weighted by Crippen LogP contribution is -2.39. The number of carbonyl (C=O) groups excluding carboxylic acids is 1. The minimum Gasteiger partial charge on any atom is -0.481 e. The van der Waals surface area contributed by atoms with E-state index in [4.69, 9.17) is 9.84 Å². The molecular formula is C19H28N2O4. The smallest absolute Gasteiger partial charge is 0.414 e. The van der Waals surface area contributed by atoms with Gasteiger partial charge >= 0.3 is 12.1 Å². The third kappa shape index (κ3) is 5.66. The van der Waals surface area contributed by atoms with Crippen molar-refractivity contribution in [2.24, 2.45) is 0 Å². The van der Waals surface area contributed by atoms with Crippen molar-refractivity contribution in [2.45, 2.75) is 65.0 Å². The lowest BCUT2D eigenvalue weighted by molar-refractivity contribution is -0.137. The highest BCUT2D eigenvalue weighted by molar-refractivity contribution is 5.90. The number of amides is 1. The Balaban J connectivity index is 2.14. The number of carboxylic acid groups (broad SMARTS) is 1. The maximum atomic E-state index is 12.5. The number of carbonyl (C=O) groups is 2. The fraction of sp³-hybridized carbons (Fsp3) is 0.579. The number of anilines is 2. The van der Waals surface area contributed by atoms with Crippen LogP contribution in [-0.4, -0.2) is 35.4 Å². The van der Waals surface area contributed by atoms with Gasteiger partial charge in [-0.1, -0.05) is 6.07 Å². The Morgan fingerprint density at radius 1 is 1.36 bits per heavy atom. The van der Waals surface area contributed by atoms with Crippen molar-refractivity contribution < 1.29 is 19.4 Å². The van der Waals surface area contributed by atoms with Gasteiger partial charge in [-0.15, -0.1) is 0 Å². The Morgan fingerprint density at radius 2 is 2.08 bits per heavy atom.